The molecule has 0 aromatic heterocycles. The second-order valence-corrected chi connectivity index (χ2v) is 5.58. The molecular weight excluding hydrogens is 268 g/mol. The Balaban J connectivity index is 1.90. The predicted octanol–water partition coefficient (Wildman–Crippen LogP) is 1.63. The second-order valence-electron chi connectivity index (χ2n) is 5.58. The summed E-state index contributed by atoms with van der Waals surface area (Å²) in [5, 5.41) is 14.9. The fourth-order valence-electron chi connectivity index (χ4n) is 2.71. The molecule has 0 aliphatic carbocycles. The molecule has 2 unspecified atom stereocenters. The van der Waals surface area contributed by atoms with Crippen LogP contribution in [0.2, 0.25) is 0 Å². The van der Waals surface area contributed by atoms with Crippen molar-refractivity contribution in [3.63, 3.8) is 0 Å². The fourth-order valence-corrected chi connectivity index (χ4v) is 2.71. The third-order valence-corrected chi connectivity index (χ3v) is 3.83. The molecule has 2 atom stereocenters. The number of amides is 1. The molecule has 5 heteroatoms. The normalized spacial score (nSPS) is 18.6. The van der Waals surface area contributed by atoms with Gasteiger partial charge in [0.05, 0.1) is 5.92 Å². The summed E-state index contributed by atoms with van der Waals surface area (Å²) in [5.41, 5.74) is 2.26. The van der Waals surface area contributed by atoms with Crippen LogP contribution < -0.4 is 10.6 Å². The van der Waals surface area contributed by atoms with Crippen LogP contribution in [0.25, 0.3) is 0 Å². The summed E-state index contributed by atoms with van der Waals surface area (Å²) < 4.78 is 0. The van der Waals surface area contributed by atoms with Gasteiger partial charge in [-0.05, 0) is 30.9 Å². The van der Waals surface area contributed by atoms with E-state index in [0.29, 0.717) is 19.4 Å². The van der Waals surface area contributed by atoms with Gasteiger partial charge in [0.25, 0.3) is 0 Å². The number of carbonyl (C=O) groups excluding carboxylic acids is 1. The van der Waals surface area contributed by atoms with Gasteiger partial charge >= 0.3 is 5.97 Å². The highest BCUT2D eigenvalue weighted by molar-refractivity contribution is 5.84. The lowest BCUT2D eigenvalue weighted by Gasteiger charge is -2.27. The standard InChI is InChI=1S/C16H22N2O3/c1-11(5-4-8-15(19)20)18-16(21)14-10-17-9-12-6-2-3-7-13(12)14/h2-3,6-7,11,14,17H,4-5,8-10H2,1H3,(H,18,21)(H,19,20). The molecule has 1 heterocycles. The summed E-state index contributed by atoms with van der Waals surface area (Å²) in [6, 6.07) is 7.98. The lowest BCUT2D eigenvalue weighted by Crippen LogP contribution is -2.42. The van der Waals surface area contributed by atoms with Crippen molar-refractivity contribution in [3.05, 3.63) is 35.4 Å². The van der Waals surface area contributed by atoms with Gasteiger partial charge in [-0.3, -0.25) is 9.59 Å². The summed E-state index contributed by atoms with van der Waals surface area (Å²) in [6.07, 6.45) is 1.41. The zero-order chi connectivity index (χ0) is 15.2. The minimum atomic E-state index is -0.793. The van der Waals surface area contributed by atoms with Gasteiger partial charge < -0.3 is 15.7 Å². The Kier molecular flexibility index (Phi) is 5.33. The van der Waals surface area contributed by atoms with E-state index in [4.69, 9.17) is 5.11 Å². The number of benzene rings is 1. The molecule has 0 saturated heterocycles. The predicted molar refractivity (Wildman–Crippen MR) is 80.0 cm³/mol. The first-order chi connectivity index (χ1) is 10.1. The molecule has 1 aliphatic rings. The first-order valence-electron chi connectivity index (χ1n) is 7.38. The largest absolute Gasteiger partial charge is 0.481 e. The molecular formula is C16H22N2O3. The Hall–Kier alpha value is -1.88. The molecule has 1 aromatic rings. The maximum absolute atomic E-state index is 12.4. The van der Waals surface area contributed by atoms with E-state index in [0.717, 1.165) is 12.1 Å². The smallest absolute Gasteiger partial charge is 0.303 e. The van der Waals surface area contributed by atoms with Gasteiger partial charge in [-0.25, -0.2) is 0 Å². The molecule has 0 bridgehead atoms. The Labute approximate surface area is 124 Å². The molecule has 0 saturated carbocycles. The molecule has 0 spiro atoms. The average molecular weight is 290 g/mol. The van der Waals surface area contributed by atoms with Crippen molar-refractivity contribution in [1.82, 2.24) is 10.6 Å². The number of rotatable bonds is 6. The first-order valence-corrected chi connectivity index (χ1v) is 7.38. The van der Waals surface area contributed by atoms with E-state index in [1.807, 2.05) is 31.2 Å². The van der Waals surface area contributed by atoms with Gasteiger partial charge in [0.2, 0.25) is 5.91 Å². The molecule has 1 aliphatic heterocycles. The zero-order valence-electron chi connectivity index (χ0n) is 12.3. The summed E-state index contributed by atoms with van der Waals surface area (Å²) in [4.78, 5) is 22.9. The van der Waals surface area contributed by atoms with Crippen molar-refractivity contribution in [1.29, 1.82) is 0 Å². The molecule has 5 nitrogen and oxygen atoms in total. The van der Waals surface area contributed by atoms with Crippen molar-refractivity contribution in [2.75, 3.05) is 6.54 Å². The number of fused-ring (bicyclic) bond motifs is 1. The third-order valence-electron chi connectivity index (χ3n) is 3.83. The summed E-state index contributed by atoms with van der Waals surface area (Å²) in [7, 11) is 0. The van der Waals surface area contributed by atoms with E-state index in [1.165, 1.54) is 5.56 Å². The van der Waals surface area contributed by atoms with E-state index in [9.17, 15) is 9.59 Å². The summed E-state index contributed by atoms with van der Waals surface area (Å²) >= 11 is 0. The van der Waals surface area contributed by atoms with Crippen molar-refractivity contribution >= 4 is 11.9 Å². The summed E-state index contributed by atoms with van der Waals surface area (Å²) in [5.74, 6) is -0.951. The number of carboxylic acid groups (broad SMARTS) is 1. The van der Waals surface area contributed by atoms with Gasteiger partial charge in [-0.2, -0.15) is 0 Å². The van der Waals surface area contributed by atoms with Crippen molar-refractivity contribution in [3.8, 4) is 0 Å². The minimum Gasteiger partial charge on any atom is -0.481 e. The van der Waals surface area contributed by atoms with Gasteiger partial charge in [0.1, 0.15) is 0 Å². The fraction of sp³-hybridized carbons (Fsp3) is 0.500. The van der Waals surface area contributed by atoms with Crippen LogP contribution in [0.1, 0.15) is 43.2 Å². The van der Waals surface area contributed by atoms with Crippen LogP contribution >= 0.6 is 0 Å². The molecule has 1 aromatic carbocycles. The van der Waals surface area contributed by atoms with Gasteiger partial charge in [-0.15, -0.1) is 0 Å². The van der Waals surface area contributed by atoms with E-state index in [-0.39, 0.29) is 24.3 Å². The average Bonchev–Trinajstić information content (AvgIpc) is 2.46. The lowest BCUT2D eigenvalue weighted by molar-refractivity contribution is -0.137. The Bertz CT molecular complexity index is 516. The van der Waals surface area contributed by atoms with Gasteiger partial charge in [-0.1, -0.05) is 24.3 Å². The number of carbonyl (C=O) groups is 2. The molecule has 0 fully saturated rings. The molecule has 3 N–H and O–H groups in total. The van der Waals surface area contributed by atoms with E-state index < -0.39 is 5.97 Å². The highest BCUT2D eigenvalue weighted by Gasteiger charge is 2.26. The number of carboxylic acids is 1. The number of aliphatic carboxylic acids is 1. The van der Waals surface area contributed by atoms with Crippen LogP contribution in [0.4, 0.5) is 0 Å². The highest BCUT2D eigenvalue weighted by atomic mass is 16.4. The molecule has 21 heavy (non-hydrogen) atoms. The van der Waals surface area contributed by atoms with Crippen LogP contribution in [-0.4, -0.2) is 29.6 Å². The SMILES string of the molecule is CC(CCCC(=O)O)NC(=O)C1CNCc2ccccc21. The Morgan fingerprint density at radius 1 is 1.43 bits per heavy atom. The Morgan fingerprint density at radius 2 is 2.19 bits per heavy atom. The van der Waals surface area contributed by atoms with Gasteiger partial charge in [0, 0.05) is 25.6 Å². The van der Waals surface area contributed by atoms with Crippen LogP contribution in [0.3, 0.4) is 0 Å². The van der Waals surface area contributed by atoms with Crippen LogP contribution in [-0.2, 0) is 16.1 Å². The molecule has 114 valence electrons. The van der Waals surface area contributed by atoms with Crippen molar-refractivity contribution in [2.45, 2.75) is 44.7 Å². The lowest BCUT2D eigenvalue weighted by atomic mass is 9.90. The molecule has 0 radical (unpaired) electrons. The van der Waals surface area contributed by atoms with Gasteiger partial charge in [0.15, 0.2) is 0 Å². The van der Waals surface area contributed by atoms with Crippen LogP contribution in [0, 0.1) is 0 Å². The Morgan fingerprint density at radius 3 is 2.95 bits per heavy atom. The first kappa shape index (κ1) is 15.5. The second kappa shape index (κ2) is 7.22. The number of nitrogens with one attached hydrogen (secondary N) is 2. The van der Waals surface area contributed by atoms with E-state index in [2.05, 4.69) is 10.6 Å². The quantitative estimate of drug-likeness (QED) is 0.744. The summed E-state index contributed by atoms with van der Waals surface area (Å²) in [6.45, 7) is 3.36. The maximum Gasteiger partial charge on any atom is 0.303 e. The monoisotopic (exact) mass is 290 g/mol. The third kappa shape index (κ3) is 4.29. The molecule has 2 rings (SSSR count). The van der Waals surface area contributed by atoms with Crippen LogP contribution in [0.5, 0.6) is 0 Å². The maximum atomic E-state index is 12.4. The minimum absolute atomic E-state index is 0.00839. The van der Waals surface area contributed by atoms with E-state index >= 15 is 0 Å². The number of hydrogen-bond acceptors (Lipinski definition) is 3. The zero-order valence-corrected chi connectivity index (χ0v) is 12.3. The van der Waals surface area contributed by atoms with E-state index in [1.54, 1.807) is 0 Å². The molecule has 1 amide bonds. The highest BCUT2D eigenvalue weighted by Crippen LogP contribution is 2.24. The van der Waals surface area contributed by atoms with Crippen molar-refractivity contribution < 1.29 is 14.7 Å². The van der Waals surface area contributed by atoms with Crippen LogP contribution in [0.15, 0.2) is 24.3 Å². The topological polar surface area (TPSA) is 78.4 Å². The number of hydrogen-bond donors (Lipinski definition) is 3. The van der Waals surface area contributed by atoms with Crippen molar-refractivity contribution in [2.24, 2.45) is 0 Å².